The number of halogens is 1. The van der Waals surface area contributed by atoms with Gasteiger partial charge in [-0.15, -0.1) is 0 Å². The van der Waals surface area contributed by atoms with E-state index < -0.39 is 0 Å². The Morgan fingerprint density at radius 1 is 1.78 bits per heavy atom. The Morgan fingerprint density at radius 3 is 2.67 bits per heavy atom. The molecule has 0 aliphatic heterocycles. The van der Waals surface area contributed by atoms with Gasteiger partial charge >= 0.3 is 0 Å². The molecular formula is C5H11INOP. The Hall–Kier alpha value is 0.790. The summed E-state index contributed by atoms with van der Waals surface area (Å²) in [5, 5.41) is 0. The molecule has 0 amide bonds. The van der Waals surface area contributed by atoms with E-state index >= 15 is 0 Å². The Balaban J connectivity index is 3.17. The summed E-state index contributed by atoms with van der Waals surface area (Å²) in [7, 11) is 4.46. The van der Waals surface area contributed by atoms with Gasteiger partial charge in [0.1, 0.15) is 5.78 Å². The fraction of sp³-hybridized carbons (Fsp3) is 0.800. The van der Waals surface area contributed by atoms with Crippen molar-refractivity contribution in [3.8, 4) is 0 Å². The van der Waals surface area contributed by atoms with E-state index in [1.165, 1.54) is 0 Å². The third kappa shape index (κ3) is 6.68. The first-order chi connectivity index (χ1) is 4.16. The molecule has 0 aromatic rings. The maximum Gasteiger partial charge on any atom is 0.143 e. The maximum atomic E-state index is 10.7. The molecule has 0 saturated heterocycles. The van der Waals surface area contributed by atoms with Crippen LogP contribution < -0.4 is 0 Å². The summed E-state index contributed by atoms with van der Waals surface area (Å²) in [5.74, 6) is 0.324. The van der Waals surface area contributed by atoms with Crippen LogP contribution >= 0.6 is 32.0 Å². The number of hydrogen-bond donors (Lipinski definition) is 0. The van der Waals surface area contributed by atoms with Crippen LogP contribution in [0.4, 0.5) is 0 Å². The van der Waals surface area contributed by atoms with Crippen LogP contribution in [-0.4, -0.2) is 28.5 Å². The molecule has 1 atom stereocenters. The number of hydrogen-bond acceptors (Lipinski definition) is 2. The Kier molecular flexibility index (Phi) is 6.05. The van der Waals surface area contributed by atoms with Gasteiger partial charge in [-0.2, -0.15) is 0 Å². The van der Waals surface area contributed by atoms with Gasteiger partial charge in [-0.05, 0) is 7.05 Å². The van der Waals surface area contributed by atoms with Crippen LogP contribution in [-0.2, 0) is 4.79 Å². The van der Waals surface area contributed by atoms with Crippen LogP contribution in [0.5, 0.6) is 0 Å². The molecule has 0 aromatic heterocycles. The van der Waals surface area contributed by atoms with Gasteiger partial charge in [0, 0.05) is 13.0 Å². The molecule has 0 aliphatic rings. The highest BCUT2D eigenvalue weighted by Gasteiger charge is 1.98. The third-order valence-electron chi connectivity index (χ3n) is 0.892. The van der Waals surface area contributed by atoms with E-state index in [-0.39, 0.29) is 0 Å². The Bertz CT molecular complexity index is 97.0. The highest BCUT2D eigenvalue weighted by molar-refractivity contribution is 14.1. The second-order valence-corrected chi connectivity index (χ2v) is 3.55. The van der Waals surface area contributed by atoms with E-state index in [4.69, 9.17) is 0 Å². The van der Waals surface area contributed by atoms with Crippen molar-refractivity contribution < 1.29 is 4.79 Å². The quantitative estimate of drug-likeness (QED) is 0.428. The van der Waals surface area contributed by atoms with E-state index in [0.29, 0.717) is 16.6 Å². The number of carbonyl (C=O) groups excluding carboxylic acids is 1. The smallest absolute Gasteiger partial charge is 0.143 e. The van der Waals surface area contributed by atoms with Crippen LogP contribution in [0, 0.1) is 0 Å². The molecular weight excluding hydrogens is 248 g/mol. The molecule has 1 unspecified atom stereocenters. The van der Waals surface area contributed by atoms with Crippen LogP contribution in [0.1, 0.15) is 6.42 Å². The summed E-state index contributed by atoms with van der Waals surface area (Å²) in [6.45, 7) is 0.840. The van der Waals surface area contributed by atoms with Crippen molar-refractivity contribution in [1.82, 2.24) is 4.67 Å². The molecule has 4 heteroatoms. The van der Waals surface area contributed by atoms with Gasteiger partial charge < -0.3 is 0 Å². The first kappa shape index (κ1) is 9.79. The van der Waals surface area contributed by atoms with Crippen LogP contribution in [0.2, 0.25) is 0 Å². The lowest BCUT2D eigenvalue weighted by atomic mass is 10.3. The monoisotopic (exact) mass is 259 g/mol. The zero-order chi connectivity index (χ0) is 7.28. The van der Waals surface area contributed by atoms with E-state index in [1.807, 2.05) is 11.7 Å². The molecule has 0 spiro atoms. The van der Waals surface area contributed by atoms with Gasteiger partial charge in [0.15, 0.2) is 0 Å². The average molecular weight is 259 g/mol. The van der Waals surface area contributed by atoms with Crippen molar-refractivity contribution in [3.63, 3.8) is 0 Å². The first-order valence-electron chi connectivity index (χ1n) is 2.70. The Labute approximate surface area is 71.8 Å². The lowest BCUT2D eigenvalue weighted by Gasteiger charge is -2.05. The zero-order valence-electron chi connectivity index (χ0n) is 5.43. The second kappa shape index (κ2) is 5.57. The summed E-state index contributed by atoms with van der Waals surface area (Å²) >= 11 is 2.09. The van der Waals surface area contributed by atoms with Crippen LogP contribution in [0.25, 0.3) is 0 Å². The first-order valence-corrected chi connectivity index (χ1v) is 4.74. The van der Waals surface area contributed by atoms with Gasteiger partial charge in [0.25, 0.3) is 0 Å². The molecule has 0 fully saturated rings. The maximum absolute atomic E-state index is 10.7. The van der Waals surface area contributed by atoms with Crippen LogP contribution in [0.3, 0.4) is 0 Å². The fourth-order valence-electron chi connectivity index (χ4n) is 0.368. The van der Waals surface area contributed by atoms with E-state index in [9.17, 15) is 4.79 Å². The van der Waals surface area contributed by atoms with E-state index in [0.717, 1.165) is 6.54 Å². The summed E-state index contributed by atoms with van der Waals surface area (Å²) in [4.78, 5) is 10.7. The van der Waals surface area contributed by atoms with Gasteiger partial charge in [-0.3, -0.25) is 9.46 Å². The number of alkyl halides is 1. The molecule has 0 heterocycles. The van der Waals surface area contributed by atoms with Gasteiger partial charge in [-0.1, -0.05) is 32.0 Å². The lowest BCUT2D eigenvalue weighted by molar-refractivity contribution is -0.116. The predicted molar refractivity (Wildman–Crippen MR) is 50.9 cm³/mol. The molecule has 0 rings (SSSR count). The fourth-order valence-corrected chi connectivity index (χ4v) is 0.878. The molecule has 0 saturated carbocycles. The van der Waals surface area contributed by atoms with Crippen molar-refractivity contribution in [2.24, 2.45) is 0 Å². The molecule has 0 N–H and O–H groups in total. The lowest BCUT2D eigenvalue weighted by Crippen LogP contribution is -2.11. The largest absolute Gasteiger partial charge is 0.299 e. The molecule has 0 aliphatic carbocycles. The summed E-state index contributed by atoms with van der Waals surface area (Å²) in [6, 6.07) is 0. The Morgan fingerprint density at radius 2 is 2.33 bits per heavy atom. The van der Waals surface area contributed by atoms with Crippen LogP contribution in [0.15, 0.2) is 0 Å². The minimum absolute atomic E-state index is 0.324. The standard InChI is InChI=1S/C5H11INOP/c1-7(9)3-2-5(8)4-6/h2-4,9H2,1H3. The van der Waals surface area contributed by atoms with Crippen molar-refractivity contribution in [3.05, 3.63) is 0 Å². The highest BCUT2D eigenvalue weighted by Crippen LogP contribution is 1.96. The number of nitrogens with zero attached hydrogens (tertiary/aromatic N) is 1. The summed E-state index contributed by atoms with van der Waals surface area (Å²) < 4.78 is 2.57. The summed E-state index contributed by atoms with van der Waals surface area (Å²) in [6.07, 6.45) is 0.670. The van der Waals surface area contributed by atoms with Crippen molar-refractivity contribution in [2.75, 3.05) is 18.0 Å². The van der Waals surface area contributed by atoms with Gasteiger partial charge in [-0.25, -0.2) is 0 Å². The summed E-state index contributed by atoms with van der Waals surface area (Å²) in [5.41, 5.74) is 0. The van der Waals surface area contributed by atoms with Gasteiger partial charge in [0.2, 0.25) is 0 Å². The normalized spacial score (nSPS) is 10.2. The number of ketones is 1. The number of carbonyl (C=O) groups is 1. The average Bonchev–Trinajstić information content (AvgIpc) is 1.83. The molecule has 0 aromatic carbocycles. The van der Waals surface area contributed by atoms with Crippen molar-refractivity contribution in [1.29, 1.82) is 0 Å². The van der Waals surface area contributed by atoms with E-state index in [2.05, 4.69) is 32.0 Å². The van der Waals surface area contributed by atoms with Crippen molar-refractivity contribution >= 4 is 37.8 Å². The molecule has 2 nitrogen and oxygen atoms in total. The number of Topliss-reactive ketones (excluding diaryl/α,β-unsaturated/α-hetero) is 1. The molecule has 9 heavy (non-hydrogen) atoms. The second-order valence-electron chi connectivity index (χ2n) is 1.90. The van der Waals surface area contributed by atoms with E-state index in [1.54, 1.807) is 0 Å². The molecule has 54 valence electrons. The molecule has 0 bridgehead atoms. The zero-order valence-corrected chi connectivity index (χ0v) is 8.74. The predicted octanol–water partition coefficient (Wildman–Crippen LogP) is 1.10. The minimum atomic E-state index is 0.324. The SMILES string of the molecule is CN(P)CCC(=O)CI. The topological polar surface area (TPSA) is 20.3 Å². The molecule has 0 radical (unpaired) electrons. The van der Waals surface area contributed by atoms with Gasteiger partial charge in [0.05, 0.1) is 4.43 Å². The highest BCUT2D eigenvalue weighted by atomic mass is 127. The number of rotatable bonds is 4. The minimum Gasteiger partial charge on any atom is -0.299 e. The third-order valence-corrected chi connectivity index (χ3v) is 2.00. The van der Waals surface area contributed by atoms with Crippen molar-refractivity contribution in [2.45, 2.75) is 6.42 Å².